The summed E-state index contributed by atoms with van der Waals surface area (Å²) in [5.74, 6) is -0.842. The normalized spacial score (nSPS) is 15.5. The minimum atomic E-state index is -3.78. The van der Waals surface area contributed by atoms with Crippen molar-refractivity contribution in [2.75, 3.05) is 6.54 Å². The predicted octanol–water partition coefficient (Wildman–Crippen LogP) is 1.43. The van der Waals surface area contributed by atoms with Gasteiger partial charge in [-0.1, -0.05) is 18.5 Å². The minimum Gasteiger partial charge on any atom is -0.354 e. The number of nitrogens with one attached hydrogen (secondary N) is 3. The molecule has 0 radical (unpaired) electrons. The lowest BCUT2D eigenvalue weighted by Gasteiger charge is -2.14. The molecule has 3 N–H and O–H groups in total. The van der Waals surface area contributed by atoms with Gasteiger partial charge in [-0.15, -0.1) is 0 Å². The van der Waals surface area contributed by atoms with Crippen LogP contribution in [0.15, 0.2) is 23.1 Å². The number of amides is 2. The molecule has 9 heteroatoms. The number of hydrogen-bond acceptors (Lipinski definition) is 4. The van der Waals surface area contributed by atoms with Crippen molar-refractivity contribution >= 4 is 33.4 Å². The molecule has 1 fully saturated rings. The molecule has 1 saturated carbocycles. The van der Waals surface area contributed by atoms with Gasteiger partial charge in [0.05, 0.1) is 5.02 Å². The zero-order valence-electron chi connectivity index (χ0n) is 14.1. The van der Waals surface area contributed by atoms with Crippen molar-refractivity contribution in [2.45, 2.75) is 50.1 Å². The number of rotatable bonds is 8. The van der Waals surface area contributed by atoms with E-state index in [9.17, 15) is 18.0 Å². The number of benzene rings is 1. The fourth-order valence-corrected chi connectivity index (χ4v) is 3.91. The maximum Gasteiger partial charge on any atom is 0.251 e. The Labute approximate surface area is 152 Å². The van der Waals surface area contributed by atoms with E-state index < -0.39 is 22.0 Å². The first-order valence-corrected chi connectivity index (χ1v) is 10.0. The van der Waals surface area contributed by atoms with Crippen molar-refractivity contribution in [1.29, 1.82) is 0 Å². The van der Waals surface area contributed by atoms with E-state index in [4.69, 9.17) is 11.6 Å². The summed E-state index contributed by atoms with van der Waals surface area (Å²) in [6, 6.07) is 3.20. The maximum absolute atomic E-state index is 12.3. The third-order valence-electron chi connectivity index (χ3n) is 3.67. The second-order valence-corrected chi connectivity index (χ2v) is 8.12. The molecule has 0 spiro atoms. The summed E-state index contributed by atoms with van der Waals surface area (Å²) in [5.41, 5.74) is 0.121. The summed E-state index contributed by atoms with van der Waals surface area (Å²) < 4.78 is 27.2. The van der Waals surface area contributed by atoms with Crippen molar-refractivity contribution in [3.8, 4) is 0 Å². The molecule has 1 aromatic rings. The fourth-order valence-electron chi connectivity index (χ4n) is 2.08. The van der Waals surface area contributed by atoms with Crippen LogP contribution in [0.25, 0.3) is 0 Å². The van der Waals surface area contributed by atoms with Crippen LogP contribution in [0.4, 0.5) is 0 Å². The first-order chi connectivity index (χ1) is 11.7. The average Bonchev–Trinajstić information content (AvgIpc) is 3.35. The van der Waals surface area contributed by atoms with E-state index in [0.717, 1.165) is 19.3 Å². The van der Waals surface area contributed by atoms with Crippen LogP contribution in [-0.4, -0.2) is 38.9 Å². The highest BCUT2D eigenvalue weighted by atomic mass is 35.5. The van der Waals surface area contributed by atoms with Crippen molar-refractivity contribution in [3.05, 3.63) is 28.8 Å². The largest absolute Gasteiger partial charge is 0.354 e. The topological polar surface area (TPSA) is 104 Å². The van der Waals surface area contributed by atoms with Crippen LogP contribution < -0.4 is 15.4 Å². The van der Waals surface area contributed by atoms with E-state index in [0.29, 0.717) is 6.54 Å². The Morgan fingerprint density at radius 3 is 2.60 bits per heavy atom. The Balaban J connectivity index is 2.12. The molecule has 2 rings (SSSR count). The van der Waals surface area contributed by atoms with Gasteiger partial charge in [0.25, 0.3) is 5.91 Å². The molecule has 0 heterocycles. The van der Waals surface area contributed by atoms with Gasteiger partial charge in [-0.25, -0.2) is 13.1 Å². The first kappa shape index (κ1) is 19.7. The summed E-state index contributed by atoms with van der Waals surface area (Å²) in [5, 5.41) is 5.27. The van der Waals surface area contributed by atoms with Crippen LogP contribution in [-0.2, 0) is 14.8 Å². The Morgan fingerprint density at radius 2 is 2.00 bits per heavy atom. The Kier molecular flexibility index (Phi) is 6.42. The first-order valence-electron chi connectivity index (χ1n) is 8.15. The molecule has 1 aromatic carbocycles. The third kappa shape index (κ3) is 5.42. The van der Waals surface area contributed by atoms with Crippen molar-refractivity contribution in [1.82, 2.24) is 15.4 Å². The molecule has 1 atom stereocenters. The molecule has 0 aromatic heterocycles. The highest BCUT2D eigenvalue weighted by Crippen LogP contribution is 2.26. The maximum atomic E-state index is 12.3. The Bertz CT molecular complexity index is 763. The van der Waals surface area contributed by atoms with Crippen molar-refractivity contribution < 1.29 is 18.0 Å². The lowest BCUT2D eigenvalue weighted by molar-refractivity contribution is -0.122. The fraction of sp³-hybridized carbons (Fsp3) is 0.500. The van der Waals surface area contributed by atoms with Gasteiger partial charge in [0.2, 0.25) is 15.9 Å². The molecule has 0 unspecified atom stereocenters. The lowest BCUT2D eigenvalue weighted by atomic mass is 10.2. The minimum absolute atomic E-state index is 0.0402. The second-order valence-electron chi connectivity index (χ2n) is 6.03. The molecule has 0 bridgehead atoms. The van der Waals surface area contributed by atoms with Gasteiger partial charge >= 0.3 is 0 Å². The number of halogens is 1. The van der Waals surface area contributed by atoms with Crippen molar-refractivity contribution in [2.24, 2.45) is 0 Å². The molecule has 2 amide bonds. The molecular formula is C16H22ClN3O4S. The van der Waals surface area contributed by atoms with Gasteiger partial charge in [0.15, 0.2) is 0 Å². The molecule has 1 aliphatic rings. The standard InChI is InChI=1S/C16H22ClN3O4S/c1-3-8-18-15(21)10(2)19-16(22)11-4-7-13(17)14(9-11)25(23,24)20-12-5-6-12/h4,7,9-10,12,20H,3,5-6,8H2,1-2H3,(H,18,21)(H,19,22)/t10-/m0/s1. The predicted molar refractivity (Wildman–Crippen MR) is 95.0 cm³/mol. The highest BCUT2D eigenvalue weighted by Gasteiger charge is 2.29. The summed E-state index contributed by atoms with van der Waals surface area (Å²) in [7, 11) is -3.78. The molecule has 0 saturated heterocycles. The number of sulfonamides is 1. The molecule has 25 heavy (non-hydrogen) atoms. The SMILES string of the molecule is CCCNC(=O)[C@H](C)NC(=O)c1ccc(Cl)c(S(=O)(=O)NC2CC2)c1. The van der Waals surface area contributed by atoms with Gasteiger partial charge in [0, 0.05) is 18.2 Å². The van der Waals surface area contributed by atoms with Gasteiger partial charge in [-0.05, 0) is 44.4 Å². The molecule has 138 valence electrons. The summed E-state index contributed by atoms with van der Waals surface area (Å²) in [6.07, 6.45) is 2.38. The van der Waals surface area contributed by atoms with Crippen LogP contribution in [0.1, 0.15) is 43.5 Å². The monoisotopic (exact) mass is 387 g/mol. The summed E-state index contributed by atoms with van der Waals surface area (Å²) in [6.45, 7) is 4.01. The van der Waals surface area contributed by atoms with E-state index in [1.54, 1.807) is 6.92 Å². The van der Waals surface area contributed by atoms with E-state index in [-0.39, 0.29) is 27.4 Å². The summed E-state index contributed by atoms with van der Waals surface area (Å²) in [4.78, 5) is 24.0. The number of carbonyl (C=O) groups is 2. The molecular weight excluding hydrogens is 366 g/mol. The van der Waals surface area contributed by atoms with Crippen LogP contribution in [0.2, 0.25) is 5.02 Å². The molecule has 0 aliphatic heterocycles. The average molecular weight is 388 g/mol. The van der Waals surface area contributed by atoms with Gasteiger partial charge in [0.1, 0.15) is 10.9 Å². The number of hydrogen-bond donors (Lipinski definition) is 3. The van der Waals surface area contributed by atoms with Crippen LogP contribution >= 0.6 is 11.6 Å². The number of carbonyl (C=O) groups excluding carboxylic acids is 2. The quantitative estimate of drug-likeness (QED) is 0.627. The third-order valence-corrected chi connectivity index (χ3v) is 5.67. The Morgan fingerprint density at radius 1 is 1.32 bits per heavy atom. The van der Waals surface area contributed by atoms with Crippen LogP contribution in [0, 0.1) is 0 Å². The van der Waals surface area contributed by atoms with Gasteiger partial charge < -0.3 is 10.6 Å². The van der Waals surface area contributed by atoms with E-state index in [1.165, 1.54) is 18.2 Å². The van der Waals surface area contributed by atoms with E-state index in [2.05, 4.69) is 15.4 Å². The van der Waals surface area contributed by atoms with E-state index >= 15 is 0 Å². The van der Waals surface area contributed by atoms with Gasteiger partial charge in [-0.2, -0.15) is 0 Å². The zero-order chi connectivity index (χ0) is 18.6. The highest BCUT2D eigenvalue weighted by molar-refractivity contribution is 7.89. The molecule has 7 nitrogen and oxygen atoms in total. The van der Waals surface area contributed by atoms with Crippen LogP contribution in [0.3, 0.4) is 0 Å². The Hall–Kier alpha value is -1.64. The zero-order valence-corrected chi connectivity index (χ0v) is 15.7. The van der Waals surface area contributed by atoms with E-state index in [1.807, 2.05) is 6.92 Å². The smallest absolute Gasteiger partial charge is 0.251 e. The molecule has 1 aliphatic carbocycles. The van der Waals surface area contributed by atoms with Gasteiger partial charge in [-0.3, -0.25) is 9.59 Å². The summed E-state index contributed by atoms with van der Waals surface area (Å²) >= 11 is 5.99. The van der Waals surface area contributed by atoms with Crippen molar-refractivity contribution in [3.63, 3.8) is 0 Å². The lowest BCUT2D eigenvalue weighted by Crippen LogP contribution is -2.45. The van der Waals surface area contributed by atoms with Crippen LogP contribution in [0.5, 0.6) is 0 Å². The second kappa shape index (κ2) is 8.16.